The molecule has 0 fully saturated rings. The topological polar surface area (TPSA) is 52.3 Å². The summed E-state index contributed by atoms with van der Waals surface area (Å²) >= 11 is 5.70. The second-order valence-electron chi connectivity index (χ2n) is 2.45. The minimum atomic E-state index is -0.442. The highest BCUT2D eigenvalue weighted by Gasteiger charge is 2.10. The average molecular weight is 236 g/mol. The molecule has 0 saturated carbocycles. The number of benzene rings is 1. The van der Waals surface area contributed by atoms with Gasteiger partial charge in [0, 0.05) is 10.7 Å². The first-order valence-electron chi connectivity index (χ1n) is 3.87. The van der Waals surface area contributed by atoms with Gasteiger partial charge in [-0.2, -0.15) is 0 Å². The lowest BCUT2D eigenvalue weighted by Crippen LogP contribution is -2.07. The minimum Gasteiger partial charge on any atom is -0.462 e. The Hall–Kier alpha value is -0.930. The fourth-order valence-electron chi connectivity index (χ4n) is 0.914. The zero-order valence-electron chi connectivity index (χ0n) is 7.62. The molecule has 1 rings (SSSR count). The van der Waals surface area contributed by atoms with Gasteiger partial charge in [0.25, 0.3) is 0 Å². The number of carbonyl (C=O) groups is 1. The molecule has 0 atom stereocenters. The quantitative estimate of drug-likeness (QED) is 0.634. The highest BCUT2D eigenvalue weighted by molar-refractivity contribution is 6.31. The first-order valence-corrected chi connectivity index (χ1v) is 4.25. The molecular weight excluding hydrogens is 225 g/mol. The Morgan fingerprint density at radius 1 is 1.57 bits per heavy atom. The van der Waals surface area contributed by atoms with Crippen molar-refractivity contribution >= 4 is 35.7 Å². The predicted molar refractivity (Wildman–Crippen MR) is 59.1 cm³/mol. The monoisotopic (exact) mass is 235 g/mol. The smallest absolute Gasteiger partial charge is 0.340 e. The second kappa shape index (κ2) is 5.73. The number of halogens is 2. The summed E-state index contributed by atoms with van der Waals surface area (Å²) in [6.07, 6.45) is 0. The van der Waals surface area contributed by atoms with Crippen LogP contribution >= 0.6 is 24.0 Å². The Balaban J connectivity index is 0.00000169. The molecule has 3 nitrogen and oxygen atoms in total. The molecule has 1 aromatic rings. The zero-order chi connectivity index (χ0) is 9.84. The van der Waals surface area contributed by atoms with Gasteiger partial charge in [0.2, 0.25) is 0 Å². The van der Waals surface area contributed by atoms with E-state index >= 15 is 0 Å². The van der Waals surface area contributed by atoms with Gasteiger partial charge in [-0.3, -0.25) is 0 Å². The predicted octanol–water partition coefficient (Wildman–Crippen LogP) is 2.52. The summed E-state index contributed by atoms with van der Waals surface area (Å²) < 4.78 is 4.79. The summed E-state index contributed by atoms with van der Waals surface area (Å²) in [5.74, 6) is -0.442. The van der Waals surface area contributed by atoms with Crippen LogP contribution in [0.15, 0.2) is 18.2 Å². The van der Waals surface area contributed by atoms with E-state index in [1.807, 2.05) is 0 Å². The van der Waals surface area contributed by atoms with Gasteiger partial charge in [-0.1, -0.05) is 11.6 Å². The SMILES string of the molecule is CCOC(=O)c1cc(Cl)ccc1N.Cl. The number of hydrogen-bond donors (Lipinski definition) is 1. The average Bonchev–Trinajstić information content (AvgIpc) is 2.09. The van der Waals surface area contributed by atoms with Crippen LogP contribution in [0.25, 0.3) is 0 Å². The van der Waals surface area contributed by atoms with Gasteiger partial charge in [-0.15, -0.1) is 12.4 Å². The first kappa shape index (κ1) is 13.1. The van der Waals surface area contributed by atoms with Crippen LogP contribution in [-0.2, 0) is 4.74 Å². The van der Waals surface area contributed by atoms with Crippen molar-refractivity contribution in [3.05, 3.63) is 28.8 Å². The van der Waals surface area contributed by atoms with Gasteiger partial charge in [0.05, 0.1) is 12.2 Å². The molecule has 0 aromatic heterocycles. The molecule has 0 amide bonds. The van der Waals surface area contributed by atoms with E-state index in [1.165, 1.54) is 6.07 Å². The van der Waals surface area contributed by atoms with Crippen LogP contribution in [0.4, 0.5) is 5.69 Å². The molecule has 14 heavy (non-hydrogen) atoms. The van der Waals surface area contributed by atoms with Crippen molar-refractivity contribution in [2.75, 3.05) is 12.3 Å². The Kier molecular flexibility index (Phi) is 5.35. The molecule has 0 aliphatic rings. The largest absolute Gasteiger partial charge is 0.462 e. The van der Waals surface area contributed by atoms with E-state index in [0.29, 0.717) is 22.9 Å². The lowest BCUT2D eigenvalue weighted by molar-refractivity contribution is 0.0527. The van der Waals surface area contributed by atoms with Crippen LogP contribution in [0, 0.1) is 0 Å². The molecule has 0 bridgehead atoms. The van der Waals surface area contributed by atoms with E-state index < -0.39 is 5.97 Å². The van der Waals surface area contributed by atoms with Crippen LogP contribution in [0.5, 0.6) is 0 Å². The third kappa shape index (κ3) is 3.09. The van der Waals surface area contributed by atoms with Crippen molar-refractivity contribution in [3.8, 4) is 0 Å². The van der Waals surface area contributed by atoms with Crippen LogP contribution in [0.3, 0.4) is 0 Å². The van der Waals surface area contributed by atoms with Crippen molar-refractivity contribution in [3.63, 3.8) is 0 Å². The highest BCUT2D eigenvalue weighted by Crippen LogP contribution is 2.18. The maximum atomic E-state index is 11.3. The van der Waals surface area contributed by atoms with Gasteiger partial charge in [0.1, 0.15) is 0 Å². The first-order chi connectivity index (χ1) is 6.15. The van der Waals surface area contributed by atoms with Gasteiger partial charge >= 0.3 is 5.97 Å². The number of rotatable bonds is 2. The molecule has 1 aromatic carbocycles. The Morgan fingerprint density at radius 2 is 2.21 bits per heavy atom. The molecular formula is C9H11Cl2NO2. The molecule has 5 heteroatoms. The third-order valence-corrected chi connectivity index (χ3v) is 1.75. The number of ether oxygens (including phenoxy) is 1. The highest BCUT2D eigenvalue weighted by atomic mass is 35.5. The molecule has 0 unspecified atom stereocenters. The van der Waals surface area contributed by atoms with Gasteiger partial charge in [-0.05, 0) is 25.1 Å². The fraction of sp³-hybridized carbons (Fsp3) is 0.222. The lowest BCUT2D eigenvalue weighted by atomic mass is 10.2. The maximum absolute atomic E-state index is 11.3. The number of carbonyl (C=O) groups excluding carboxylic acids is 1. The van der Waals surface area contributed by atoms with Gasteiger partial charge in [0.15, 0.2) is 0 Å². The Morgan fingerprint density at radius 3 is 2.79 bits per heavy atom. The summed E-state index contributed by atoms with van der Waals surface area (Å²) in [5.41, 5.74) is 6.25. The summed E-state index contributed by atoms with van der Waals surface area (Å²) in [5, 5.41) is 0.470. The van der Waals surface area contributed by atoms with Crippen molar-refractivity contribution in [1.29, 1.82) is 0 Å². The van der Waals surface area contributed by atoms with Crippen molar-refractivity contribution in [1.82, 2.24) is 0 Å². The van der Waals surface area contributed by atoms with Crippen LogP contribution in [0.2, 0.25) is 5.02 Å². The number of esters is 1. The molecule has 0 aliphatic carbocycles. The van der Waals surface area contributed by atoms with E-state index in [0.717, 1.165) is 0 Å². The molecule has 0 saturated heterocycles. The maximum Gasteiger partial charge on any atom is 0.340 e. The molecule has 0 heterocycles. The molecule has 2 N–H and O–H groups in total. The number of nitrogen functional groups attached to an aromatic ring is 1. The second-order valence-corrected chi connectivity index (χ2v) is 2.89. The molecule has 0 spiro atoms. The van der Waals surface area contributed by atoms with Crippen molar-refractivity contribution in [2.45, 2.75) is 6.92 Å². The molecule has 78 valence electrons. The summed E-state index contributed by atoms with van der Waals surface area (Å²) in [6, 6.07) is 4.70. The van der Waals surface area contributed by atoms with Gasteiger partial charge in [-0.25, -0.2) is 4.79 Å². The van der Waals surface area contributed by atoms with Crippen molar-refractivity contribution < 1.29 is 9.53 Å². The third-order valence-electron chi connectivity index (χ3n) is 1.51. The van der Waals surface area contributed by atoms with E-state index in [1.54, 1.807) is 19.1 Å². The van der Waals surface area contributed by atoms with Crippen LogP contribution in [0.1, 0.15) is 17.3 Å². The minimum absolute atomic E-state index is 0. The van der Waals surface area contributed by atoms with E-state index in [4.69, 9.17) is 22.1 Å². The summed E-state index contributed by atoms with van der Waals surface area (Å²) in [7, 11) is 0. The Labute approximate surface area is 93.6 Å². The summed E-state index contributed by atoms with van der Waals surface area (Å²) in [6.45, 7) is 2.06. The van der Waals surface area contributed by atoms with Gasteiger partial charge < -0.3 is 10.5 Å². The standard InChI is InChI=1S/C9H10ClNO2.ClH/c1-2-13-9(12)7-5-6(10)3-4-8(7)11;/h3-5H,2,11H2,1H3;1H. The van der Waals surface area contributed by atoms with Crippen molar-refractivity contribution in [2.24, 2.45) is 0 Å². The molecule has 0 aliphatic heterocycles. The van der Waals surface area contributed by atoms with E-state index in [2.05, 4.69) is 0 Å². The number of hydrogen-bond acceptors (Lipinski definition) is 3. The summed E-state index contributed by atoms with van der Waals surface area (Å²) in [4.78, 5) is 11.3. The zero-order valence-corrected chi connectivity index (χ0v) is 9.19. The van der Waals surface area contributed by atoms with Crippen LogP contribution < -0.4 is 5.73 Å². The van der Waals surface area contributed by atoms with E-state index in [9.17, 15) is 4.79 Å². The Bertz CT molecular complexity index is 329. The number of anilines is 1. The fourth-order valence-corrected chi connectivity index (χ4v) is 1.09. The van der Waals surface area contributed by atoms with Crippen LogP contribution in [-0.4, -0.2) is 12.6 Å². The van der Waals surface area contributed by atoms with E-state index in [-0.39, 0.29) is 12.4 Å². The molecule has 0 radical (unpaired) electrons. The normalized spacial score (nSPS) is 9.00. The number of nitrogens with two attached hydrogens (primary N) is 1. The lowest BCUT2D eigenvalue weighted by Gasteiger charge is -2.04.